The molecule has 1 aromatic carbocycles. The highest BCUT2D eigenvalue weighted by atomic mass is 32.2. The number of hydrogen-bond acceptors (Lipinski definition) is 7. The average Bonchev–Trinajstić information content (AvgIpc) is 3.63. The van der Waals surface area contributed by atoms with Crippen molar-refractivity contribution in [3.05, 3.63) is 61.7 Å². The molecule has 0 radical (unpaired) electrons. The van der Waals surface area contributed by atoms with Gasteiger partial charge in [-0.15, -0.1) is 0 Å². The lowest BCUT2D eigenvalue weighted by atomic mass is 10.00. The first-order chi connectivity index (χ1) is 17.8. The third-order valence-electron chi connectivity index (χ3n) is 6.57. The van der Waals surface area contributed by atoms with Gasteiger partial charge in [-0.3, -0.25) is 9.48 Å². The van der Waals surface area contributed by atoms with Crippen molar-refractivity contribution in [3.63, 3.8) is 0 Å². The SMILES string of the molecule is C=CC(=O)Nc1cccc(Nc2cnc3[nH]cc(-c4cnn(C(CS(N)(=O)=O)C5CCCC5)c4)c3n2)c1. The summed E-state index contributed by atoms with van der Waals surface area (Å²) in [5.41, 5.74) is 4.19. The fourth-order valence-electron chi connectivity index (χ4n) is 4.85. The van der Waals surface area contributed by atoms with E-state index >= 15 is 0 Å². The van der Waals surface area contributed by atoms with E-state index < -0.39 is 10.0 Å². The van der Waals surface area contributed by atoms with E-state index in [2.05, 4.69) is 32.3 Å². The van der Waals surface area contributed by atoms with Crippen molar-refractivity contribution in [2.24, 2.45) is 11.1 Å². The van der Waals surface area contributed by atoms with E-state index in [-0.39, 0.29) is 23.6 Å². The molecule has 5 N–H and O–H groups in total. The lowest BCUT2D eigenvalue weighted by Gasteiger charge is -2.22. The summed E-state index contributed by atoms with van der Waals surface area (Å²) in [7, 11) is -3.66. The second kappa shape index (κ2) is 10.1. The van der Waals surface area contributed by atoms with Crippen LogP contribution < -0.4 is 15.8 Å². The Kier molecular flexibility index (Phi) is 6.76. The second-order valence-corrected chi connectivity index (χ2v) is 10.9. The van der Waals surface area contributed by atoms with Gasteiger partial charge in [0.2, 0.25) is 15.9 Å². The number of H-pyrrole nitrogens is 1. The van der Waals surface area contributed by atoms with Crippen molar-refractivity contribution in [2.45, 2.75) is 31.7 Å². The molecule has 1 unspecified atom stereocenters. The summed E-state index contributed by atoms with van der Waals surface area (Å²) in [4.78, 5) is 24.0. The predicted molar refractivity (Wildman–Crippen MR) is 143 cm³/mol. The van der Waals surface area contributed by atoms with Crippen molar-refractivity contribution in [1.29, 1.82) is 0 Å². The summed E-state index contributed by atoms with van der Waals surface area (Å²) < 4.78 is 25.6. The molecule has 0 spiro atoms. The van der Waals surface area contributed by atoms with Gasteiger partial charge in [0.25, 0.3) is 0 Å². The van der Waals surface area contributed by atoms with Gasteiger partial charge in [-0.25, -0.2) is 23.5 Å². The number of carbonyl (C=O) groups is 1. The number of hydrogen-bond donors (Lipinski definition) is 4. The molecule has 5 rings (SSSR count). The number of nitrogens with zero attached hydrogens (tertiary/aromatic N) is 4. The van der Waals surface area contributed by atoms with E-state index in [1.165, 1.54) is 6.08 Å². The Morgan fingerprint density at radius 1 is 1.27 bits per heavy atom. The molecular formula is C25H28N8O3S. The van der Waals surface area contributed by atoms with E-state index in [0.29, 0.717) is 22.7 Å². The minimum absolute atomic E-state index is 0.146. The minimum Gasteiger partial charge on any atom is -0.344 e. The molecule has 3 aromatic heterocycles. The van der Waals surface area contributed by atoms with E-state index in [1.54, 1.807) is 29.2 Å². The molecule has 1 amide bonds. The topological polar surface area (TPSA) is 161 Å². The Morgan fingerprint density at radius 2 is 2.05 bits per heavy atom. The summed E-state index contributed by atoms with van der Waals surface area (Å²) in [6.45, 7) is 3.46. The standard InChI is InChI=1S/C25H28N8O3S/c1-2-23(34)31-19-9-5-8-18(10-19)30-22-13-28-25-24(32-22)20(12-27-25)17-11-29-33(14-17)21(15-37(26,35)36)16-6-3-4-7-16/h2,5,8-14,16,21H,1,3-4,6-7,15H2,(H,27,28)(H,30,32)(H,31,34)(H2,26,35,36). The van der Waals surface area contributed by atoms with E-state index in [9.17, 15) is 13.2 Å². The largest absolute Gasteiger partial charge is 0.344 e. The van der Waals surface area contributed by atoms with Gasteiger partial charge < -0.3 is 15.6 Å². The molecule has 1 fully saturated rings. The molecule has 1 atom stereocenters. The van der Waals surface area contributed by atoms with Crippen molar-refractivity contribution >= 4 is 44.3 Å². The zero-order valence-corrected chi connectivity index (χ0v) is 20.9. The molecule has 4 aromatic rings. The molecule has 0 bridgehead atoms. The lowest BCUT2D eigenvalue weighted by Crippen LogP contribution is -2.30. The molecule has 12 heteroatoms. The van der Waals surface area contributed by atoms with Crippen LogP contribution in [0.2, 0.25) is 0 Å². The molecule has 37 heavy (non-hydrogen) atoms. The number of amides is 1. The van der Waals surface area contributed by atoms with Gasteiger partial charge in [0, 0.05) is 34.9 Å². The van der Waals surface area contributed by atoms with Gasteiger partial charge in [-0.2, -0.15) is 5.10 Å². The molecule has 1 aliphatic rings. The Bertz CT molecular complexity index is 1550. The average molecular weight is 521 g/mol. The number of aromatic amines is 1. The number of sulfonamides is 1. The summed E-state index contributed by atoms with van der Waals surface area (Å²) in [5.74, 6) is 0.296. The van der Waals surface area contributed by atoms with Crippen LogP contribution in [0.1, 0.15) is 31.7 Å². The van der Waals surface area contributed by atoms with Crippen molar-refractivity contribution in [1.82, 2.24) is 24.7 Å². The van der Waals surface area contributed by atoms with E-state index in [4.69, 9.17) is 10.1 Å². The fourth-order valence-corrected chi connectivity index (χ4v) is 5.76. The summed E-state index contributed by atoms with van der Waals surface area (Å²) >= 11 is 0. The Hall–Kier alpha value is -4.03. The van der Waals surface area contributed by atoms with Gasteiger partial charge in [-0.05, 0) is 43.0 Å². The summed E-state index contributed by atoms with van der Waals surface area (Å²) in [6, 6.07) is 6.91. The van der Waals surface area contributed by atoms with Crippen molar-refractivity contribution < 1.29 is 13.2 Å². The minimum atomic E-state index is -3.66. The number of fused-ring (bicyclic) bond motifs is 1. The molecule has 0 saturated heterocycles. The van der Waals surface area contributed by atoms with Crippen molar-refractivity contribution in [3.8, 4) is 11.1 Å². The number of rotatable bonds is 9. The second-order valence-electron chi connectivity index (χ2n) is 9.20. The van der Waals surface area contributed by atoms with Gasteiger partial charge in [-0.1, -0.05) is 25.5 Å². The highest BCUT2D eigenvalue weighted by Gasteiger charge is 2.30. The fraction of sp³-hybridized carbons (Fsp3) is 0.280. The van der Waals surface area contributed by atoms with Crippen LogP contribution in [-0.4, -0.2) is 44.8 Å². The van der Waals surface area contributed by atoms with Gasteiger partial charge in [0.15, 0.2) is 5.65 Å². The molecule has 192 valence electrons. The molecule has 1 aliphatic carbocycles. The number of anilines is 3. The van der Waals surface area contributed by atoms with E-state index in [1.807, 2.05) is 24.5 Å². The Labute approximate surface area is 214 Å². The van der Waals surface area contributed by atoms with Crippen LogP contribution in [0.25, 0.3) is 22.3 Å². The summed E-state index contributed by atoms with van der Waals surface area (Å²) in [5, 5.41) is 15.9. The third kappa shape index (κ3) is 5.70. The first-order valence-electron chi connectivity index (χ1n) is 12.0. The van der Waals surface area contributed by atoms with Crippen LogP contribution >= 0.6 is 0 Å². The zero-order valence-electron chi connectivity index (χ0n) is 20.1. The number of aromatic nitrogens is 5. The molecule has 1 saturated carbocycles. The third-order valence-corrected chi connectivity index (χ3v) is 7.37. The Morgan fingerprint density at radius 3 is 2.81 bits per heavy atom. The normalized spacial score (nSPS) is 15.1. The lowest BCUT2D eigenvalue weighted by molar-refractivity contribution is -0.111. The van der Waals surface area contributed by atoms with Crippen LogP contribution in [0.15, 0.2) is 61.7 Å². The van der Waals surface area contributed by atoms with Crippen LogP contribution in [0, 0.1) is 5.92 Å². The number of primary sulfonamides is 1. The zero-order chi connectivity index (χ0) is 26.0. The van der Waals surface area contributed by atoms with Crippen molar-refractivity contribution in [2.75, 3.05) is 16.4 Å². The number of carbonyl (C=O) groups excluding carboxylic acids is 1. The Balaban J connectivity index is 1.42. The molecule has 3 heterocycles. The van der Waals surface area contributed by atoms with Gasteiger partial charge >= 0.3 is 0 Å². The first kappa shape index (κ1) is 24.7. The maximum absolute atomic E-state index is 11.9. The highest BCUT2D eigenvalue weighted by molar-refractivity contribution is 7.89. The molecule has 11 nitrogen and oxygen atoms in total. The van der Waals surface area contributed by atoms with Crippen LogP contribution in [0.3, 0.4) is 0 Å². The number of nitrogens with two attached hydrogens (primary N) is 1. The van der Waals surface area contributed by atoms with Crippen LogP contribution in [0.4, 0.5) is 17.2 Å². The molecule has 0 aliphatic heterocycles. The smallest absolute Gasteiger partial charge is 0.247 e. The monoisotopic (exact) mass is 520 g/mol. The highest BCUT2D eigenvalue weighted by Crippen LogP contribution is 2.36. The number of benzene rings is 1. The molecular weight excluding hydrogens is 492 g/mol. The predicted octanol–water partition coefficient (Wildman–Crippen LogP) is 3.71. The maximum Gasteiger partial charge on any atom is 0.247 e. The van der Waals surface area contributed by atoms with Gasteiger partial charge in [0.1, 0.15) is 11.3 Å². The van der Waals surface area contributed by atoms with Crippen LogP contribution in [0.5, 0.6) is 0 Å². The van der Waals surface area contributed by atoms with Gasteiger partial charge in [0.05, 0.1) is 24.2 Å². The van der Waals surface area contributed by atoms with E-state index in [0.717, 1.165) is 42.5 Å². The first-order valence-corrected chi connectivity index (χ1v) is 13.7. The quantitative estimate of drug-likeness (QED) is 0.245. The van der Waals surface area contributed by atoms with Crippen LogP contribution in [-0.2, 0) is 14.8 Å². The number of nitrogens with one attached hydrogen (secondary N) is 3. The summed E-state index contributed by atoms with van der Waals surface area (Å²) in [6.07, 6.45) is 12.3. The maximum atomic E-state index is 11.9.